The lowest BCUT2D eigenvalue weighted by Gasteiger charge is -2.13. The van der Waals surface area contributed by atoms with E-state index >= 15 is 0 Å². The first kappa shape index (κ1) is 22.4. The number of rotatable bonds is 8. The Morgan fingerprint density at radius 3 is 2.23 bits per heavy atom. The molecular formula is C25H26N2O3S. The molecule has 3 aromatic rings. The van der Waals surface area contributed by atoms with Gasteiger partial charge in [0.25, 0.3) is 5.91 Å². The summed E-state index contributed by atoms with van der Waals surface area (Å²) in [4.78, 5) is 25.5. The van der Waals surface area contributed by atoms with E-state index in [-0.39, 0.29) is 23.7 Å². The summed E-state index contributed by atoms with van der Waals surface area (Å²) in [6.45, 7) is 5.88. The Bertz CT molecular complexity index is 1040. The van der Waals surface area contributed by atoms with Crippen molar-refractivity contribution in [2.75, 3.05) is 17.2 Å². The predicted molar refractivity (Wildman–Crippen MR) is 127 cm³/mol. The van der Waals surface area contributed by atoms with E-state index in [1.807, 2.05) is 81.4 Å². The zero-order chi connectivity index (χ0) is 22.2. The molecule has 0 aliphatic heterocycles. The Labute approximate surface area is 187 Å². The Kier molecular flexibility index (Phi) is 7.73. The SMILES string of the molecule is Cc1ccc(NC(=O)C(C)Sc2ccc(NC(=O)COc3ccccc3)cc2)cc1C. The lowest BCUT2D eigenvalue weighted by molar-refractivity contribution is -0.118. The van der Waals surface area contributed by atoms with Crippen LogP contribution in [0.4, 0.5) is 11.4 Å². The zero-order valence-corrected chi connectivity index (χ0v) is 18.7. The number of hydrogen-bond acceptors (Lipinski definition) is 4. The van der Waals surface area contributed by atoms with Gasteiger partial charge in [0.1, 0.15) is 5.75 Å². The second-order valence-electron chi connectivity index (χ2n) is 7.22. The smallest absolute Gasteiger partial charge is 0.262 e. The van der Waals surface area contributed by atoms with Crippen molar-refractivity contribution in [1.82, 2.24) is 0 Å². The first-order valence-electron chi connectivity index (χ1n) is 10.0. The van der Waals surface area contributed by atoms with Gasteiger partial charge < -0.3 is 15.4 Å². The van der Waals surface area contributed by atoms with E-state index in [0.29, 0.717) is 11.4 Å². The lowest BCUT2D eigenvalue weighted by atomic mass is 10.1. The molecule has 0 aromatic heterocycles. The van der Waals surface area contributed by atoms with Crippen LogP contribution in [0.2, 0.25) is 0 Å². The fraction of sp³-hybridized carbons (Fsp3) is 0.200. The minimum Gasteiger partial charge on any atom is -0.484 e. The highest BCUT2D eigenvalue weighted by Crippen LogP contribution is 2.26. The summed E-state index contributed by atoms with van der Waals surface area (Å²) < 4.78 is 5.44. The number of carbonyl (C=O) groups is 2. The first-order chi connectivity index (χ1) is 14.9. The second kappa shape index (κ2) is 10.7. The molecule has 0 heterocycles. The van der Waals surface area contributed by atoms with Crippen LogP contribution in [-0.2, 0) is 9.59 Å². The maximum absolute atomic E-state index is 12.5. The molecule has 0 fully saturated rings. The predicted octanol–water partition coefficient (Wildman–Crippen LogP) is 5.44. The highest BCUT2D eigenvalue weighted by molar-refractivity contribution is 8.00. The molecule has 0 aliphatic rings. The molecule has 2 amide bonds. The fourth-order valence-electron chi connectivity index (χ4n) is 2.80. The van der Waals surface area contributed by atoms with Gasteiger partial charge in [-0.3, -0.25) is 9.59 Å². The van der Waals surface area contributed by atoms with Crippen molar-refractivity contribution in [1.29, 1.82) is 0 Å². The van der Waals surface area contributed by atoms with Crippen molar-refractivity contribution in [3.63, 3.8) is 0 Å². The van der Waals surface area contributed by atoms with Crippen LogP contribution in [-0.4, -0.2) is 23.7 Å². The van der Waals surface area contributed by atoms with Crippen LogP contribution in [0.25, 0.3) is 0 Å². The third-order valence-corrected chi connectivity index (χ3v) is 5.82. The molecule has 0 radical (unpaired) electrons. The topological polar surface area (TPSA) is 67.4 Å². The molecule has 0 aliphatic carbocycles. The van der Waals surface area contributed by atoms with Gasteiger partial charge in [0, 0.05) is 16.3 Å². The van der Waals surface area contributed by atoms with Crippen LogP contribution in [0.1, 0.15) is 18.1 Å². The van der Waals surface area contributed by atoms with Gasteiger partial charge in [-0.15, -0.1) is 11.8 Å². The molecule has 0 spiro atoms. The van der Waals surface area contributed by atoms with E-state index in [1.165, 1.54) is 17.3 Å². The van der Waals surface area contributed by atoms with E-state index in [9.17, 15) is 9.59 Å². The van der Waals surface area contributed by atoms with Crippen LogP contribution in [0.15, 0.2) is 77.7 Å². The van der Waals surface area contributed by atoms with Crippen LogP contribution >= 0.6 is 11.8 Å². The zero-order valence-electron chi connectivity index (χ0n) is 17.8. The normalized spacial score (nSPS) is 11.5. The standard InChI is InChI=1S/C25H26N2O3S/c1-17-9-10-21(15-18(17)2)27-25(29)19(3)31-23-13-11-20(12-14-23)26-24(28)16-30-22-7-5-4-6-8-22/h4-15,19H,16H2,1-3H3,(H,26,28)(H,27,29). The quantitative estimate of drug-likeness (QED) is 0.463. The summed E-state index contributed by atoms with van der Waals surface area (Å²) in [5.74, 6) is 0.367. The van der Waals surface area contributed by atoms with Gasteiger partial charge >= 0.3 is 0 Å². The molecule has 5 nitrogen and oxygen atoms in total. The third-order valence-electron chi connectivity index (χ3n) is 4.71. The fourth-order valence-corrected chi connectivity index (χ4v) is 3.67. The third kappa shape index (κ3) is 6.89. The Morgan fingerprint density at radius 2 is 1.55 bits per heavy atom. The number of hydrogen-bond donors (Lipinski definition) is 2. The number of nitrogens with one attached hydrogen (secondary N) is 2. The summed E-state index contributed by atoms with van der Waals surface area (Å²) in [6, 6.07) is 22.5. The monoisotopic (exact) mass is 434 g/mol. The van der Waals surface area contributed by atoms with Crippen LogP contribution < -0.4 is 15.4 Å². The lowest BCUT2D eigenvalue weighted by Crippen LogP contribution is -2.22. The van der Waals surface area contributed by atoms with Crippen LogP contribution in [0, 0.1) is 13.8 Å². The molecule has 31 heavy (non-hydrogen) atoms. The van der Waals surface area contributed by atoms with Gasteiger partial charge in [0.15, 0.2) is 6.61 Å². The van der Waals surface area contributed by atoms with Crippen LogP contribution in [0.3, 0.4) is 0 Å². The van der Waals surface area contributed by atoms with Crippen molar-refractivity contribution < 1.29 is 14.3 Å². The number of aryl methyl sites for hydroxylation is 2. The Balaban J connectivity index is 1.48. The van der Waals surface area contributed by atoms with Crippen molar-refractivity contribution in [2.45, 2.75) is 30.9 Å². The van der Waals surface area contributed by atoms with Gasteiger partial charge in [-0.25, -0.2) is 0 Å². The van der Waals surface area contributed by atoms with Crippen molar-refractivity contribution in [2.24, 2.45) is 0 Å². The summed E-state index contributed by atoms with van der Waals surface area (Å²) in [7, 11) is 0. The maximum Gasteiger partial charge on any atom is 0.262 e. The molecule has 160 valence electrons. The molecule has 0 bridgehead atoms. The van der Waals surface area contributed by atoms with E-state index < -0.39 is 0 Å². The number of ether oxygens (including phenoxy) is 1. The van der Waals surface area contributed by atoms with Crippen molar-refractivity contribution >= 4 is 35.0 Å². The van der Waals surface area contributed by atoms with E-state index in [1.54, 1.807) is 12.1 Å². The summed E-state index contributed by atoms with van der Waals surface area (Å²) in [5, 5.41) is 5.51. The molecular weight excluding hydrogens is 408 g/mol. The van der Waals surface area contributed by atoms with Gasteiger partial charge in [0.2, 0.25) is 5.91 Å². The Morgan fingerprint density at radius 1 is 0.871 bits per heavy atom. The number of para-hydroxylation sites is 1. The second-order valence-corrected chi connectivity index (χ2v) is 8.64. The maximum atomic E-state index is 12.5. The number of carbonyl (C=O) groups excluding carboxylic acids is 2. The van der Waals surface area contributed by atoms with Gasteiger partial charge in [-0.2, -0.15) is 0 Å². The molecule has 1 atom stereocenters. The van der Waals surface area contributed by atoms with Gasteiger partial charge in [0.05, 0.1) is 5.25 Å². The Hall–Kier alpha value is -3.25. The molecule has 1 unspecified atom stereocenters. The summed E-state index contributed by atoms with van der Waals surface area (Å²) in [6.07, 6.45) is 0. The van der Waals surface area contributed by atoms with E-state index in [4.69, 9.17) is 4.74 Å². The molecule has 2 N–H and O–H groups in total. The van der Waals surface area contributed by atoms with Gasteiger partial charge in [-0.05, 0) is 80.4 Å². The van der Waals surface area contributed by atoms with Crippen LogP contribution in [0.5, 0.6) is 5.75 Å². The molecule has 0 saturated carbocycles. The highest BCUT2D eigenvalue weighted by atomic mass is 32.2. The van der Waals surface area contributed by atoms with E-state index in [0.717, 1.165) is 16.1 Å². The number of amides is 2. The molecule has 3 rings (SSSR count). The summed E-state index contributed by atoms with van der Waals surface area (Å²) >= 11 is 1.46. The highest BCUT2D eigenvalue weighted by Gasteiger charge is 2.15. The number of thioether (sulfide) groups is 1. The largest absolute Gasteiger partial charge is 0.484 e. The minimum atomic E-state index is -0.263. The van der Waals surface area contributed by atoms with Gasteiger partial charge in [-0.1, -0.05) is 24.3 Å². The van der Waals surface area contributed by atoms with Crippen molar-refractivity contribution in [3.05, 3.63) is 83.9 Å². The number of benzene rings is 3. The van der Waals surface area contributed by atoms with E-state index in [2.05, 4.69) is 10.6 Å². The first-order valence-corrected chi connectivity index (χ1v) is 10.9. The molecule has 6 heteroatoms. The summed E-state index contributed by atoms with van der Waals surface area (Å²) in [5.41, 5.74) is 3.82. The number of anilines is 2. The molecule has 0 saturated heterocycles. The average molecular weight is 435 g/mol. The minimum absolute atomic E-state index is 0.0521. The van der Waals surface area contributed by atoms with Crippen molar-refractivity contribution in [3.8, 4) is 5.75 Å². The average Bonchev–Trinajstić information content (AvgIpc) is 2.77. The molecule has 3 aromatic carbocycles.